The van der Waals surface area contributed by atoms with Gasteiger partial charge in [-0.05, 0) is 42.9 Å². The Morgan fingerprint density at radius 1 is 1.15 bits per heavy atom. The molecule has 1 aromatic heterocycles. The summed E-state index contributed by atoms with van der Waals surface area (Å²) in [5.41, 5.74) is 7.16. The van der Waals surface area contributed by atoms with Crippen LogP contribution in [-0.2, 0) is 6.42 Å². The predicted octanol–water partition coefficient (Wildman–Crippen LogP) is 4.40. The normalized spacial score (nSPS) is 15.9. The topological polar surface area (TPSA) is 93.5 Å². The average Bonchev–Trinajstić information content (AvgIpc) is 2.58. The first kappa shape index (κ1) is 19.2. The number of hydrogen-bond donors (Lipinski definition) is 2. The van der Waals surface area contributed by atoms with E-state index in [2.05, 4.69) is 13.8 Å². The second kappa shape index (κ2) is 7.99. The number of aromatic hydroxyl groups is 1. The van der Waals surface area contributed by atoms with Crippen molar-refractivity contribution >= 4 is 11.5 Å². The van der Waals surface area contributed by atoms with E-state index >= 15 is 0 Å². The molecule has 0 aliphatic heterocycles. The molecule has 0 fully saturated rings. The van der Waals surface area contributed by atoms with Gasteiger partial charge in [0.1, 0.15) is 11.5 Å². The van der Waals surface area contributed by atoms with E-state index in [-0.39, 0.29) is 34.5 Å². The SMILES string of the molecule is CC(C)CC(c1cccc(N)c1)c1c(O)c2c(oc1=O)CCCCCC2=O. The molecule has 1 unspecified atom stereocenters. The first-order chi connectivity index (χ1) is 12.9. The quantitative estimate of drug-likeness (QED) is 0.779. The van der Waals surface area contributed by atoms with Crippen LogP contribution in [0.1, 0.15) is 79.1 Å². The summed E-state index contributed by atoms with van der Waals surface area (Å²) in [7, 11) is 0. The third-order valence-corrected chi connectivity index (χ3v) is 5.16. The second-order valence-corrected chi connectivity index (χ2v) is 7.79. The monoisotopic (exact) mass is 369 g/mol. The maximum atomic E-state index is 12.8. The highest BCUT2D eigenvalue weighted by Crippen LogP contribution is 2.38. The summed E-state index contributed by atoms with van der Waals surface area (Å²) in [4.78, 5) is 25.5. The number of carbonyl (C=O) groups is 1. The van der Waals surface area contributed by atoms with Crippen LogP contribution in [0, 0.1) is 5.92 Å². The summed E-state index contributed by atoms with van der Waals surface area (Å²) in [6, 6.07) is 7.31. The smallest absolute Gasteiger partial charge is 0.343 e. The number of rotatable bonds is 4. The van der Waals surface area contributed by atoms with Crippen LogP contribution in [0.3, 0.4) is 0 Å². The molecule has 0 saturated heterocycles. The van der Waals surface area contributed by atoms with Crippen molar-refractivity contribution in [1.82, 2.24) is 0 Å². The van der Waals surface area contributed by atoms with Crippen LogP contribution in [0.2, 0.25) is 0 Å². The number of hydrogen-bond acceptors (Lipinski definition) is 5. The Labute approximate surface area is 159 Å². The lowest BCUT2D eigenvalue weighted by molar-refractivity contribution is 0.0968. The van der Waals surface area contributed by atoms with Crippen molar-refractivity contribution in [2.24, 2.45) is 5.92 Å². The first-order valence-electron chi connectivity index (χ1n) is 9.66. The van der Waals surface area contributed by atoms with Gasteiger partial charge in [0.2, 0.25) is 0 Å². The van der Waals surface area contributed by atoms with Gasteiger partial charge < -0.3 is 15.3 Å². The number of anilines is 1. The van der Waals surface area contributed by atoms with Gasteiger partial charge in [0.15, 0.2) is 5.78 Å². The summed E-state index contributed by atoms with van der Waals surface area (Å²) in [5, 5.41) is 11.0. The number of nitrogen functional groups attached to an aromatic ring is 1. The Hall–Kier alpha value is -2.56. The van der Waals surface area contributed by atoms with E-state index in [0.717, 1.165) is 24.8 Å². The van der Waals surface area contributed by atoms with Crippen LogP contribution in [0.25, 0.3) is 0 Å². The summed E-state index contributed by atoms with van der Waals surface area (Å²) in [6.45, 7) is 4.10. The van der Waals surface area contributed by atoms with Crippen LogP contribution >= 0.6 is 0 Å². The molecule has 1 aliphatic carbocycles. The molecule has 1 aromatic carbocycles. The van der Waals surface area contributed by atoms with Crippen molar-refractivity contribution in [1.29, 1.82) is 0 Å². The molecule has 27 heavy (non-hydrogen) atoms. The lowest BCUT2D eigenvalue weighted by Crippen LogP contribution is -2.20. The van der Waals surface area contributed by atoms with Gasteiger partial charge in [-0.1, -0.05) is 32.4 Å². The Morgan fingerprint density at radius 3 is 2.59 bits per heavy atom. The minimum absolute atomic E-state index is 0.150. The molecular formula is C22H27NO4. The zero-order chi connectivity index (χ0) is 19.6. The van der Waals surface area contributed by atoms with Gasteiger partial charge in [-0.3, -0.25) is 4.79 Å². The standard InChI is InChI=1S/C22H27NO4/c1-13(2)11-16(14-7-6-8-15(23)12-14)19-21(25)20-17(24)9-4-3-5-10-18(20)27-22(19)26/h6-8,12-13,16,25H,3-5,9-11,23H2,1-2H3. The molecule has 0 radical (unpaired) electrons. The molecule has 5 nitrogen and oxygen atoms in total. The van der Waals surface area contributed by atoms with Crippen LogP contribution in [0.5, 0.6) is 5.75 Å². The van der Waals surface area contributed by atoms with E-state index in [1.807, 2.05) is 18.2 Å². The van der Waals surface area contributed by atoms with Crippen molar-refractivity contribution in [3.05, 3.63) is 57.1 Å². The summed E-state index contributed by atoms with van der Waals surface area (Å²) < 4.78 is 5.56. The van der Waals surface area contributed by atoms with Crippen LogP contribution in [0.4, 0.5) is 5.69 Å². The average molecular weight is 369 g/mol. The number of nitrogens with two attached hydrogens (primary N) is 1. The van der Waals surface area contributed by atoms with E-state index in [4.69, 9.17) is 10.2 Å². The Morgan fingerprint density at radius 2 is 1.89 bits per heavy atom. The Balaban J connectivity index is 2.20. The summed E-state index contributed by atoms with van der Waals surface area (Å²) in [6.07, 6.45) is 4.03. The minimum atomic E-state index is -0.562. The lowest BCUT2D eigenvalue weighted by Gasteiger charge is -2.22. The summed E-state index contributed by atoms with van der Waals surface area (Å²) >= 11 is 0. The van der Waals surface area contributed by atoms with Crippen molar-refractivity contribution in [3.8, 4) is 5.75 Å². The van der Waals surface area contributed by atoms with E-state index in [1.165, 1.54) is 0 Å². The molecule has 0 bridgehead atoms. The number of ketones is 1. The van der Waals surface area contributed by atoms with Gasteiger partial charge in [-0.2, -0.15) is 0 Å². The van der Waals surface area contributed by atoms with Crippen LogP contribution in [-0.4, -0.2) is 10.9 Å². The third-order valence-electron chi connectivity index (χ3n) is 5.16. The molecular weight excluding hydrogens is 342 g/mol. The number of carbonyl (C=O) groups excluding carboxylic acids is 1. The van der Waals surface area contributed by atoms with Gasteiger partial charge in [-0.15, -0.1) is 0 Å². The van der Waals surface area contributed by atoms with Gasteiger partial charge >= 0.3 is 5.63 Å². The highest BCUT2D eigenvalue weighted by atomic mass is 16.4. The fourth-order valence-electron chi connectivity index (χ4n) is 3.89. The lowest BCUT2D eigenvalue weighted by atomic mass is 9.83. The van der Waals surface area contributed by atoms with Crippen molar-refractivity contribution in [3.63, 3.8) is 0 Å². The highest BCUT2D eigenvalue weighted by molar-refractivity contribution is 5.99. The Bertz CT molecular complexity index is 898. The number of Topliss-reactive ketones (excluding diaryl/α,β-unsaturated/α-hetero) is 1. The summed E-state index contributed by atoms with van der Waals surface area (Å²) in [5.74, 6) is -0.146. The zero-order valence-corrected chi connectivity index (χ0v) is 16.0. The van der Waals surface area contributed by atoms with Crippen molar-refractivity contribution < 1.29 is 14.3 Å². The van der Waals surface area contributed by atoms with Crippen LogP contribution in [0.15, 0.2) is 33.5 Å². The molecule has 1 atom stereocenters. The Kier molecular flexibility index (Phi) is 5.68. The maximum Gasteiger partial charge on any atom is 0.343 e. The zero-order valence-electron chi connectivity index (χ0n) is 16.0. The van der Waals surface area contributed by atoms with Crippen LogP contribution < -0.4 is 11.4 Å². The molecule has 0 amide bonds. The van der Waals surface area contributed by atoms with Crippen molar-refractivity contribution in [2.75, 3.05) is 5.73 Å². The van der Waals surface area contributed by atoms with Gasteiger partial charge in [0.25, 0.3) is 0 Å². The molecule has 144 valence electrons. The first-order valence-corrected chi connectivity index (χ1v) is 9.66. The minimum Gasteiger partial charge on any atom is -0.506 e. The van der Waals surface area contributed by atoms with Gasteiger partial charge in [0.05, 0.1) is 11.1 Å². The fourth-order valence-corrected chi connectivity index (χ4v) is 3.89. The van der Waals surface area contributed by atoms with Gasteiger partial charge in [-0.25, -0.2) is 4.79 Å². The van der Waals surface area contributed by atoms with Gasteiger partial charge in [0, 0.05) is 24.4 Å². The molecule has 3 N–H and O–H groups in total. The molecule has 2 aromatic rings. The van der Waals surface area contributed by atoms with E-state index in [1.54, 1.807) is 6.07 Å². The number of fused-ring (bicyclic) bond motifs is 1. The molecule has 0 spiro atoms. The molecule has 5 heteroatoms. The molecule has 0 saturated carbocycles. The molecule has 1 heterocycles. The largest absolute Gasteiger partial charge is 0.506 e. The third kappa shape index (κ3) is 4.07. The number of benzene rings is 1. The maximum absolute atomic E-state index is 12.8. The van der Waals surface area contributed by atoms with E-state index < -0.39 is 5.63 Å². The molecule has 3 rings (SSSR count). The number of aryl methyl sites for hydroxylation is 1. The predicted molar refractivity (Wildman–Crippen MR) is 105 cm³/mol. The van der Waals surface area contributed by atoms with Crippen molar-refractivity contribution in [2.45, 2.75) is 58.3 Å². The van der Waals surface area contributed by atoms with E-state index in [0.29, 0.717) is 30.7 Å². The second-order valence-electron chi connectivity index (χ2n) is 7.79. The highest BCUT2D eigenvalue weighted by Gasteiger charge is 2.30. The molecule has 1 aliphatic rings. The fraction of sp³-hybridized carbons (Fsp3) is 0.455. The van der Waals surface area contributed by atoms with E-state index in [9.17, 15) is 14.7 Å².